The largest absolute Gasteiger partial charge is 0.501 e. The quantitative estimate of drug-likeness (QED) is 0.906. The number of benzene rings is 1. The van der Waals surface area contributed by atoms with Gasteiger partial charge in [-0.25, -0.2) is 8.42 Å². The monoisotopic (exact) mass is 307 g/mol. The predicted molar refractivity (Wildman–Crippen MR) is 70.1 cm³/mol. The molecule has 1 atom stereocenters. The molecule has 20 heavy (non-hydrogen) atoms. The molecule has 0 heterocycles. The first kappa shape index (κ1) is 15.2. The van der Waals surface area contributed by atoms with Crippen molar-refractivity contribution in [3.8, 4) is 0 Å². The number of sulfone groups is 1. The summed E-state index contributed by atoms with van der Waals surface area (Å²) in [5.74, 6) is 0.908. The highest BCUT2D eigenvalue weighted by molar-refractivity contribution is 7.92. The molecule has 1 aromatic rings. The van der Waals surface area contributed by atoms with E-state index in [0.717, 1.165) is 18.9 Å². The average Bonchev–Trinajstić information content (AvgIpc) is 3.19. The Balaban J connectivity index is 2.22. The van der Waals surface area contributed by atoms with E-state index in [1.54, 1.807) is 0 Å². The Hall–Kier alpha value is -1.24. The first-order valence-corrected chi connectivity index (χ1v) is 7.86. The molecule has 0 amide bonds. The van der Waals surface area contributed by atoms with Crippen LogP contribution in [0.5, 0.6) is 0 Å². The van der Waals surface area contributed by atoms with Crippen molar-refractivity contribution < 1.29 is 21.6 Å². The number of hydrogen-bond donors (Lipinski definition) is 1. The van der Waals surface area contributed by atoms with Gasteiger partial charge in [-0.3, -0.25) is 0 Å². The maximum atomic E-state index is 12.6. The minimum Gasteiger partial charge on any atom is -0.384 e. The second-order valence-corrected chi connectivity index (χ2v) is 7.05. The molecule has 7 heteroatoms. The molecular weight excluding hydrogens is 291 g/mol. The van der Waals surface area contributed by atoms with Gasteiger partial charge in [-0.1, -0.05) is 19.1 Å². The zero-order chi connectivity index (χ0) is 15.0. The van der Waals surface area contributed by atoms with E-state index < -0.39 is 20.2 Å². The summed E-state index contributed by atoms with van der Waals surface area (Å²) in [6, 6.07) is 5.14. The molecule has 0 radical (unpaired) electrons. The number of halogens is 3. The van der Waals surface area contributed by atoms with Gasteiger partial charge in [0.05, 0.1) is 10.6 Å². The van der Waals surface area contributed by atoms with Crippen LogP contribution in [0.1, 0.15) is 19.8 Å². The Bertz CT molecular complexity index is 580. The highest BCUT2D eigenvalue weighted by atomic mass is 32.2. The summed E-state index contributed by atoms with van der Waals surface area (Å²) in [5, 5.41) is 2.83. The van der Waals surface area contributed by atoms with Crippen LogP contribution >= 0.6 is 0 Å². The molecule has 1 aliphatic carbocycles. The number of alkyl halides is 3. The van der Waals surface area contributed by atoms with Crippen LogP contribution in [-0.2, 0) is 9.84 Å². The van der Waals surface area contributed by atoms with Gasteiger partial charge in [-0.15, -0.1) is 0 Å². The first-order valence-electron chi connectivity index (χ1n) is 6.37. The summed E-state index contributed by atoms with van der Waals surface area (Å²) in [6.45, 7) is 2.47. The molecule has 1 fully saturated rings. The summed E-state index contributed by atoms with van der Waals surface area (Å²) in [7, 11) is -5.32. The lowest BCUT2D eigenvalue weighted by Crippen LogP contribution is -2.25. The molecule has 0 aromatic heterocycles. The molecule has 1 saturated carbocycles. The van der Waals surface area contributed by atoms with Crippen LogP contribution in [0.2, 0.25) is 0 Å². The average molecular weight is 307 g/mol. The summed E-state index contributed by atoms with van der Waals surface area (Å²) in [4.78, 5) is -0.713. The second kappa shape index (κ2) is 5.27. The molecule has 0 saturated heterocycles. The lowest BCUT2D eigenvalue weighted by Gasteiger charge is -2.16. The Kier molecular flexibility index (Phi) is 4.00. The van der Waals surface area contributed by atoms with Gasteiger partial charge in [0.2, 0.25) is 0 Å². The van der Waals surface area contributed by atoms with E-state index in [1.165, 1.54) is 18.2 Å². The third kappa shape index (κ3) is 3.08. The molecule has 0 bridgehead atoms. The van der Waals surface area contributed by atoms with E-state index >= 15 is 0 Å². The van der Waals surface area contributed by atoms with Crippen molar-refractivity contribution in [3.63, 3.8) is 0 Å². The van der Waals surface area contributed by atoms with Gasteiger partial charge >= 0.3 is 5.51 Å². The third-order valence-electron chi connectivity index (χ3n) is 3.52. The van der Waals surface area contributed by atoms with Crippen molar-refractivity contribution in [3.05, 3.63) is 24.3 Å². The molecule has 112 valence electrons. The summed E-state index contributed by atoms with van der Waals surface area (Å²) >= 11 is 0. The molecule has 0 spiro atoms. The fraction of sp³-hybridized carbons (Fsp3) is 0.538. The summed E-state index contributed by atoms with van der Waals surface area (Å²) in [6.07, 6.45) is 2.26. The number of nitrogens with one attached hydrogen (secondary N) is 1. The van der Waals surface area contributed by atoms with Crippen molar-refractivity contribution >= 4 is 15.5 Å². The van der Waals surface area contributed by atoms with Crippen molar-refractivity contribution in [2.75, 3.05) is 11.9 Å². The van der Waals surface area contributed by atoms with Crippen molar-refractivity contribution in [2.24, 2.45) is 11.8 Å². The number of para-hydroxylation sites is 1. The Morgan fingerprint density at radius 3 is 2.45 bits per heavy atom. The molecule has 1 unspecified atom stereocenters. The maximum Gasteiger partial charge on any atom is 0.501 e. The molecular formula is C13H16F3NO2S. The van der Waals surface area contributed by atoms with Crippen LogP contribution in [0.25, 0.3) is 0 Å². The minimum atomic E-state index is -5.32. The Labute approximate surface area is 116 Å². The standard InChI is InChI=1S/C13H16F3NO2S/c1-9(10-6-7-10)8-17-11-4-2-3-5-12(11)20(18,19)13(14,15)16/h2-5,9-10,17H,6-8H2,1H3. The number of rotatable bonds is 5. The van der Waals surface area contributed by atoms with Crippen molar-refractivity contribution in [1.29, 1.82) is 0 Å². The molecule has 2 rings (SSSR count). The smallest absolute Gasteiger partial charge is 0.384 e. The van der Waals surface area contributed by atoms with Gasteiger partial charge in [-0.05, 0) is 36.8 Å². The van der Waals surface area contributed by atoms with Gasteiger partial charge in [0.25, 0.3) is 9.84 Å². The Morgan fingerprint density at radius 1 is 1.30 bits per heavy atom. The van der Waals surface area contributed by atoms with Gasteiger partial charge < -0.3 is 5.32 Å². The molecule has 1 aliphatic rings. The topological polar surface area (TPSA) is 46.2 Å². The van der Waals surface area contributed by atoms with E-state index in [-0.39, 0.29) is 5.69 Å². The van der Waals surface area contributed by atoms with Crippen LogP contribution in [0.15, 0.2) is 29.2 Å². The maximum absolute atomic E-state index is 12.6. The molecule has 3 nitrogen and oxygen atoms in total. The number of hydrogen-bond acceptors (Lipinski definition) is 3. The zero-order valence-electron chi connectivity index (χ0n) is 10.9. The highest BCUT2D eigenvalue weighted by Gasteiger charge is 2.47. The fourth-order valence-electron chi connectivity index (χ4n) is 2.07. The highest BCUT2D eigenvalue weighted by Crippen LogP contribution is 2.37. The van der Waals surface area contributed by atoms with Crippen LogP contribution in [0.3, 0.4) is 0 Å². The van der Waals surface area contributed by atoms with E-state index in [1.807, 2.05) is 6.92 Å². The van der Waals surface area contributed by atoms with Crippen molar-refractivity contribution in [2.45, 2.75) is 30.2 Å². The third-order valence-corrected chi connectivity index (χ3v) is 5.07. The summed E-state index contributed by atoms with van der Waals surface area (Å²) < 4.78 is 60.9. The van der Waals surface area contributed by atoms with Gasteiger partial charge in [-0.2, -0.15) is 13.2 Å². The zero-order valence-corrected chi connectivity index (χ0v) is 11.8. The molecule has 1 aromatic carbocycles. The van der Waals surface area contributed by atoms with E-state index in [9.17, 15) is 21.6 Å². The van der Waals surface area contributed by atoms with Gasteiger partial charge in [0.1, 0.15) is 0 Å². The normalized spacial score (nSPS) is 17.8. The Morgan fingerprint density at radius 2 is 1.90 bits per heavy atom. The SMILES string of the molecule is CC(CNc1ccccc1S(=O)(=O)C(F)(F)F)C1CC1. The summed E-state index contributed by atoms with van der Waals surface area (Å²) in [5.41, 5.74) is -5.27. The fourth-order valence-corrected chi connectivity index (χ4v) is 3.01. The predicted octanol–water partition coefficient (Wildman–Crippen LogP) is 3.44. The van der Waals surface area contributed by atoms with Crippen molar-refractivity contribution in [1.82, 2.24) is 0 Å². The number of anilines is 1. The van der Waals surface area contributed by atoms with E-state index in [0.29, 0.717) is 18.4 Å². The first-order chi connectivity index (χ1) is 9.23. The van der Waals surface area contributed by atoms with Gasteiger partial charge in [0.15, 0.2) is 0 Å². The van der Waals surface area contributed by atoms with E-state index in [2.05, 4.69) is 5.32 Å². The van der Waals surface area contributed by atoms with Crippen LogP contribution in [0, 0.1) is 11.8 Å². The lowest BCUT2D eigenvalue weighted by molar-refractivity contribution is -0.0435. The van der Waals surface area contributed by atoms with Gasteiger partial charge in [0, 0.05) is 6.54 Å². The van der Waals surface area contributed by atoms with Crippen LogP contribution in [0.4, 0.5) is 18.9 Å². The van der Waals surface area contributed by atoms with E-state index in [4.69, 9.17) is 0 Å². The van der Waals surface area contributed by atoms with Crippen LogP contribution in [-0.4, -0.2) is 20.5 Å². The second-order valence-electron chi connectivity index (χ2n) is 5.14. The van der Waals surface area contributed by atoms with Crippen LogP contribution < -0.4 is 5.32 Å². The molecule has 0 aliphatic heterocycles. The lowest BCUT2D eigenvalue weighted by atomic mass is 10.1. The molecule has 1 N–H and O–H groups in total. The minimum absolute atomic E-state index is 0.0114.